The van der Waals surface area contributed by atoms with Gasteiger partial charge in [-0.05, 0) is 40.6 Å². The Bertz CT molecular complexity index is 1200. The SMILES string of the molecule is c1ccc(-c2nnc3cc(-c4ccsc4)c(OCc4ccccn4)nn23)cc1. The summed E-state index contributed by atoms with van der Waals surface area (Å²) >= 11 is 1.63. The van der Waals surface area contributed by atoms with Crippen LogP contribution in [0.4, 0.5) is 0 Å². The molecule has 6 nitrogen and oxygen atoms in total. The van der Waals surface area contributed by atoms with Gasteiger partial charge in [0.1, 0.15) is 6.61 Å². The third-order valence-electron chi connectivity index (χ3n) is 4.31. The van der Waals surface area contributed by atoms with Gasteiger partial charge in [0.05, 0.1) is 11.3 Å². The summed E-state index contributed by atoms with van der Waals surface area (Å²) in [5, 5.41) is 17.5. The number of ether oxygens (including phenoxy) is 1. The van der Waals surface area contributed by atoms with Crippen molar-refractivity contribution < 1.29 is 4.74 Å². The van der Waals surface area contributed by atoms with Crippen molar-refractivity contribution >= 4 is 17.0 Å². The molecule has 0 aliphatic rings. The molecule has 0 spiro atoms. The Kier molecular flexibility index (Phi) is 4.27. The first-order chi connectivity index (χ1) is 13.9. The number of pyridine rings is 1. The third-order valence-corrected chi connectivity index (χ3v) is 4.99. The number of thiophene rings is 1. The summed E-state index contributed by atoms with van der Waals surface area (Å²) in [5.41, 5.74) is 4.39. The van der Waals surface area contributed by atoms with E-state index >= 15 is 0 Å². The van der Waals surface area contributed by atoms with Crippen LogP contribution in [0.1, 0.15) is 5.69 Å². The van der Waals surface area contributed by atoms with Crippen molar-refractivity contribution in [1.82, 2.24) is 24.8 Å². The van der Waals surface area contributed by atoms with Crippen LogP contribution in [-0.2, 0) is 6.61 Å². The average Bonchev–Trinajstić information content (AvgIpc) is 3.43. The van der Waals surface area contributed by atoms with E-state index in [2.05, 4.69) is 20.6 Å². The fourth-order valence-corrected chi connectivity index (χ4v) is 3.60. The highest BCUT2D eigenvalue weighted by Gasteiger charge is 2.16. The second-order valence-electron chi connectivity index (χ2n) is 6.14. The summed E-state index contributed by atoms with van der Waals surface area (Å²) in [5.74, 6) is 1.20. The molecule has 1 aromatic carbocycles. The molecule has 7 heteroatoms. The summed E-state index contributed by atoms with van der Waals surface area (Å²) in [6.45, 7) is 0.333. The van der Waals surface area contributed by atoms with Crippen LogP contribution in [0.3, 0.4) is 0 Å². The summed E-state index contributed by atoms with van der Waals surface area (Å²) in [6.07, 6.45) is 1.75. The van der Waals surface area contributed by atoms with E-state index in [0.29, 0.717) is 24.0 Å². The normalized spacial score (nSPS) is 11.0. The minimum atomic E-state index is 0.333. The van der Waals surface area contributed by atoms with Crippen LogP contribution in [0, 0.1) is 0 Å². The van der Waals surface area contributed by atoms with Crippen molar-refractivity contribution in [1.29, 1.82) is 0 Å². The maximum atomic E-state index is 6.07. The maximum absolute atomic E-state index is 6.07. The van der Waals surface area contributed by atoms with Gasteiger partial charge >= 0.3 is 0 Å². The lowest BCUT2D eigenvalue weighted by Crippen LogP contribution is -2.04. The van der Waals surface area contributed by atoms with Crippen LogP contribution >= 0.6 is 11.3 Å². The molecule has 136 valence electrons. The van der Waals surface area contributed by atoms with Crippen molar-refractivity contribution in [2.24, 2.45) is 0 Å². The molecule has 5 rings (SSSR count). The minimum Gasteiger partial charge on any atom is -0.470 e. The van der Waals surface area contributed by atoms with Gasteiger partial charge in [-0.15, -0.1) is 15.3 Å². The average molecular weight is 385 g/mol. The smallest absolute Gasteiger partial charge is 0.240 e. The van der Waals surface area contributed by atoms with Crippen molar-refractivity contribution in [3.63, 3.8) is 0 Å². The van der Waals surface area contributed by atoms with Gasteiger partial charge in [0.2, 0.25) is 5.88 Å². The van der Waals surface area contributed by atoms with Gasteiger partial charge in [-0.2, -0.15) is 15.9 Å². The van der Waals surface area contributed by atoms with Crippen LogP contribution in [0.2, 0.25) is 0 Å². The maximum Gasteiger partial charge on any atom is 0.240 e. The Morgan fingerprint density at radius 3 is 2.61 bits per heavy atom. The number of aromatic nitrogens is 5. The first-order valence-corrected chi connectivity index (χ1v) is 9.70. The highest BCUT2D eigenvalue weighted by Crippen LogP contribution is 2.32. The van der Waals surface area contributed by atoms with Gasteiger partial charge < -0.3 is 4.74 Å². The molecule has 0 aliphatic heterocycles. The van der Waals surface area contributed by atoms with Gasteiger partial charge in [-0.1, -0.05) is 36.4 Å². The predicted octanol–water partition coefficient (Wildman–Crippen LogP) is 4.49. The zero-order valence-corrected chi connectivity index (χ0v) is 15.6. The lowest BCUT2D eigenvalue weighted by Gasteiger charge is -2.10. The molecule has 0 saturated carbocycles. The van der Waals surface area contributed by atoms with Crippen LogP contribution < -0.4 is 4.74 Å². The standard InChI is InChI=1S/C21H15N5OS/c1-2-6-15(7-3-1)20-24-23-19-12-18(16-9-11-28-14-16)21(25-26(19)20)27-13-17-8-4-5-10-22-17/h1-12,14H,13H2. The Hall–Kier alpha value is -3.58. The monoisotopic (exact) mass is 385 g/mol. The zero-order valence-electron chi connectivity index (χ0n) is 14.8. The molecule has 5 aromatic rings. The number of rotatable bonds is 5. The Balaban J connectivity index is 1.61. The largest absolute Gasteiger partial charge is 0.470 e. The second kappa shape index (κ2) is 7.21. The molecule has 4 aromatic heterocycles. The van der Waals surface area contributed by atoms with E-state index in [1.165, 1.54) is 0 Å². The fourth-order valence-electron chi connectivity index (χ4n) is 2.94. The Morgan fingerprint density at radius 1 is 0.929 bits per heavy atom. The van der Waals surface area contributed by atoms with E-state index in [4.69, 9.17) is 9.84 Å². The zero-order chi connectivity index (χ0) is 18.8. The Labute approximate surface area is 165 Å². The summed E-state index contributed by atoms with van der Waals surface area (Å²) in [6, 6.07) is 19.6. The van der Waals surface area contributed by atoms with E-state index in [9.17, 15) is 0 Å². The van der Waals surface area contributed by atoms with Crippen LogP contribution in [0.15, 0.2) is 77.6 Å². The first-order valence-electron chi connectivity index (χ1n) is 8.75. The van der Waals surface area contributed by atoms with Crippen LogP contribution in [0.5, 0.6) is 5.88 Å². The molecule has 0 aliphatic carbocycles. The molecule has 4 heterocycles. The lowest BCUT2D eigenvalue weighted by molar-refractivity contribution is 0.286. The number of benzene rings is 1. The summed E-state index contributed by atoms with van der Waals surface area (Å²) < 4.78 is 7.79. The highest BCUT2D eigenvalue weighted by atomic mass is 32.1. The van der Waals surface area contributed by atoms with E-state index in [1.807, 2.05) is 66.0 Å². The quantitative estimate of drug-likeness (QED) is 0.446. The molecule has 0 amide bonds. The van der Waals surface area contributed by atoms with E-state index in [1.54, 1.807) is 22.0 Å². The van der Waals surface area contributed by atoms with E-state index in [-0.39, 0.29) is 0 Å². The van der Waals surface area contributed by atoms with Crippen molar-refractivity contribution in [3.05, 3.63) is 83.3 Å². The van der Waals surface area contributed by atoms with Crippen molar-refractivity contribution in [3.8, 4) is 28.4 Å². The second-order valence-corrected chi connectivity index (χ2v) is 6.92. The lowest BCUT2D eigenvalue weighted by atomic mass is 10.1. The third kappa shape index (κ3) is 3.12. The van der Waals surface area contributed by atoms with Gasteiger partial charge in [-0.25, -0.2) is 0 Å². The molecular formula is C21H15N5OS. The number of fused-ring (bicyclic) bond motifs is 1. The van der Waals surface area contributed by atoms with Crippen molar-refractivity contribution in [2.45, 2.75) is 6.61 Å². The molecule has 0 N–H and O–H groups in total. The minimum absolute atomic E-state index is 0.333. The highest BCUT2D eigenvalue weighted by molar-refractivity contribution is 7.08. The van der Waals surface area contributed by atoms with Crippen LogP contribution in [0.25, 0.3) is 28.2 Å². The Morgan fingerprint density at radius 2 is 1.82 bits per heavy atom. The molecule has 0 atom stereocenters. The number of hydrogen-bond donors (Lipinski definition) is 0. The fraction of sp³-hybridized carbons (Fsp3) is 0.0476. The van der Waals surface area contributed by atoms with E-state index < -0.39 is 0 Å². The molecule has 28 heavy (non-hydrogen) atoms. The first kappa shape index (κ1) is 16.6. The summed E-state index contributed by atoms with van der Waals surface area (Å²) in [7, 11) is 0. The molecule has 0 bridgehead atoms. The molecule has 0 saturated heterocycles. The van der Waals surface area contributed by atoms with Gasteiger partial charge in [0.15, 0.2) is 11.5 Å². The number of hydrogen-bond acceptors (Lipinski definition) is 6. The van der Waals surface area contributed by atoms with Crippen LogP contribution in [-0.4, -0.2) is 24.8 Å². The molecular weight excluding hydrogens is 370 g/mol. The summed E-state index contributed by atoms with van der Waals surface area (Å²) in [4.78, 5) is 4.32. The number of nitrogens with zero attached hydrogens (tertiary/aromatic N) is 5. The molecule has 0 fully saturated rings. The topological polar surface area (TPSA) is 65.2 Å². The van der Waals surface area contributed by atoms with Gasteiger partial charge in [0, 0.05) is 11.8 Å². The predicted molar refractivity (Wildman–Crippen MR) is 108 cm³/mol. The molecule has 0 radical (unpaired) electrons. The van der Waals surface area contributed by atoms with Gasteiger partial charge in [0.25, 0.3) is 0 Å². The molecule has 0 unspecified atom stereocenters. The van der Waals surface area contributed by atoms with Gasteiger partial charge in [-0.3, -0.25) is 4.98 Å². The van der Waals surface area contributed by atoms with E-state index in [0.717, 1.165) is 22.4 Å². The van der Waals surface area contributed by atoms with Crippen molar-refractivity contribution in [2.75, 3.05) is 0 Å².